The highest BCUT2D eigenvalue weighted by atomic mass is 16.4. The summed E-state index contributed by atoms with van der Waals surface area (Å²) in [4.78, 5) is 32.9. The third-order valence-electron chi connectivity index (χ3n) is 6.19. The quantitative estimate of drug-likeness (QED) is 0.359. The van der Waals surface area contributed by atoms with Crippen molar-refractivity contribution < 1.29 is 14.7 Å². The van der Waals surface area contributed by atoms with Crippen molar-refractivity contribution in [2.24, 2.45) is 11.1 Å². The highest BCUT2D eigenvalue weighted by Crippen LogP contribution is 2.51. The van der Waals surface area contributed by atoms with Gasteiger partial charge < -0.3 is 20.7 Å². The molecule has 0 spiro atoms. The van der Waals surface area contributed by atoms with Crippen LogP contribution in [0.25, 0.3) is 21.9 Å². The minimum absolute atomic E-state index is 0.0694. The van der Waals surface area contributed by atoms with E-state index in [1.165, 1.54) is 0 Å². The summed E-state index contributed by atoms with van der Waals surface area (Å²) in [5.41, 5.74) is 6.74. The molecule has 1 aliphatic carbocycles. The SMILES string of the molecule is NC(=O)CC(n1ccc2cnc(Nc3ccc4[nH]ncc4c3)nc21)C1(C(=O)O)CCC1. The molecule has 1 unspecified atom stereocenters. The second kappa shape index (κ2) is 7.08. The Kier molecular flexibility index (Phi) is 4.35. The molecule has 3 aromatic heterocycles. The number of carboxylic acids is 1. The number of aromatic amines is 1. The number of hydrogen-bond donors (Lipinski definition) is 4. The summed E-state index contributed by atoms with van der Waals surface area (Å²) >= 11 is 0. The van der Waals surface area contributed by atoms with E-state index in [2.05, 4.69) is 25.5 Å². The molecule has 4 aromatic rings. The Morgan fingerprint density at radius 2 is 2.10 bits per heavy atom. The van der Waals surface area contributed by atoms with Gasteiger partial charge in [0.25, 0.3) is 0 Å². The standard InChI is InChI=1S/C21H21N7O3/c22-17(29)9-16(21(19(30)31)5-1-6-21)28-7-4-12-10-23-20(26-18(12)28)25-14-2-3-15-13(8-14)11-24-27-15/h2-4,7-8,10-11,16H,1,5-6,9H2,(H2,22,29)(H,24,27)(H,30,31)(H,23,25,26). The van der Waals surface area contributed by atoms with E-state index in [-0.39, 0.29) is 6.42 Å². The van der Waals surface area contributed by atoms with Gasteiger partial charge >= 0.3 is 5.97 Å². The van der Waals surface area contributed by atoms with Gasteiger partial charge in [-0.3, -0.25) is 14.7 Å². The maximum atomic E-state index is 12.1. The van der Waals surface area contributed by atoms with Crippen LogP contribution >= 0.6 is 0 Å². The summed E-state index contributed by atoms with van der Waals surface area (Å²) in [5, 5.41) is 21.7. The Morgan fingerprint density at radius 3 is 2.81 bits per heavy atom. The summed E-state index contributed by atoms with van der Waals surface area (Å²) in [7, 11) is 0. The van der Waals surface area contributed by atoms with E-state index in [4.69, 9.17) is 5.73 Å². The molecule has 1 aliphatic rings. The van der Waals surface area contributed by atoms with Crippen molar-refractivity contribution in [3.05, 3.63) is 42.9 Å². The van der Waals surface area contributed by atoms with Crippen LogP contribution in [0.1, 0.15) is 31.7 Å². The van der Waals surface area contributed by atoms with Gasteiger partial charge in [-0.05, 0) is 37.1 Å². The van der Waals surface area contributed by atoms with Gasteiger partial charge in [-0.1, -0.05) is 6.42 Å². The van der Waals surface area contributed by atoms with Gasteiger partial charge in [0.2, 0.25) is 11.9 Å². The molecular weight excluding hydrogens is 398 g/mol. The first-order valence-electron chi connectivity index (χ1n) is 10.0. The number of anilines is 2. The number of hydrogen-bond acceptors (Lipinski definition) is 6. The van der Waals surface area contributed by atoms with E-state index in [1.54, 1.807) is 23.2 Å². The van der Waals surface area contributed by atoms with Crippen LogP contribution in [0.5, 0.6) is 0 Å². The van der Waals surface area contributed by atoms with E-state index < -0.39 is 23.3 Å². The van der Waals surface area contributed by atoms with Crippen LogP contribution in [0.2, 0.25) is 0 Å². The average molecular weight is 419 g/mol. The van der Waals surface area contributed by atoms with E-state index in [9.17, 15) is 14.7 Å². The smallest absolute Gasteiger partial charge is 0.311 e. The third-order valence-corrected chi connectivity index (χ3v) is 6.19. The minimum Gasteiger partial charge on any atom is -0.481 e. The molecule has 158 valence electrons. The zero-order valence-corrected chi connectivity index (χ0v) is 16.6. The number of amides is 1. The highest BCUT2D eigenvalue weighted by molar-refractivity contribution is 5.84. The molecule has 10 nitrogen and oxygen atoms in total. The van der Waals surface area contributed by atoms with Gasteiger partial charge in [0, 0.05) is 35.3 Å². The first-order valence-corrected chi connectivity index (χ1v) is 10.0. The van der Waals surface area contributed by atoms with E-state index >= 15 is 0 Å². The lowest BCUT2D eigenvalue weighted by molar-refractivity contribution is -0.159. The van der Waals surface area contributed by atoms with Gasteiger partial charge in [0.05, 0.1) is 23.2 Å². The number of carbonyl (C=O) groups is 2. The number of aliphatic carboxylic acids is 1. The Labute approximate surface area is 176 Å². The van der Waals surface area contributed by atoms with Crippen molar-refractivity contribution >= 4 is 45.4 Å². The van der Waals surface area contributed by atoms with E-state index in [0.717, 1.165) is 28.4 Å². The number of carboxylic acid groups (broad SMARTS) is 1. The molecule has 0 radical (unpaired) electrons. The molecule has 3 heterocycles. The molecule has 1 atom stereocenters. The number of nitrogens with one attached hydrogen (secondary N) is 2. The molecule has 1 fully saturated rings. The van der Waals surface area contributed by atoms with Crippen molar-refractivity contribution in [1.29, 1.82) is 0 Å². The number of nitrogens with two attached hydrogens (primary N) is 1. The Morgan fingerprint density at radius 1 is 1.26 bits per heavy atom. The Bertz CT molecular complexity index is 1300. The van der Waals surface area contributed by atoms with Crippen molar-refractivity contribution in [3.63, 3.8) is 0 Å². The molecular formula is C21H21N7O3. The molecule has 10 heteroatoms. The number of rotatable bonds is 7. The van der Waals surface area contributed by atoms with Crippen LogP contribution < -0.4 is 11.1 Å². The van der Waals surface area contributed by atoms with Crippen LogP contribution in [-0.2, 0) is 9.59 Å². The first kappa shape index (κ1) is 19.0. The summed E-state index contributed by atoms with van der Waals surface area (Å²) in [6.45, 7) is 0. The average Bonchev–Trinajstić information content (AvgIpc) is 3.31. The Hall–Kier alpha value is -3.95. The van der Waals surface area contributed by atoms with Crippen LogP contribution in [0.15, 0.2) is 42.9 Å². The van der Waals surface area contributed by atoms with Crippen molar-refractivity contribution in [1.82, 2.24) is 24.7 Å². The number of H-pyrrole nitrogens is 1. The van der Waals surface area contributed by atoms with Crippen LogP contribution in [-0.4, -0.2) is 41.7 Å². The fraction of sp³-hybridized carbons (Fsp3) is 0.286. The zero-order valence-electron chi connectivity index (χ0n) is 16.6. The fourth-order valence-corrected chi connectivity index (χ4v) is 4.40. The molecule has 0 bridgehead atoms. The summed E-state index contributed by atoms with van der Waals surface area (Å²) in [5.74, 6) is -1.08. The molecule has 1 saturated carbocycles. The molecule has 5 N–H and O–H groups in total. The van der Waals surface area contributed by atoms with Crippen molar-refractivity contribution in [2.45, 2.75) is 31.7 Å². The number of benzene rings is 1. The fourth-order valence-electron chi connectivity index (χ4n) is 4.40. The maximum Gasteiger partial charge on any atom is 0.311 e. The van der Waals surface area contributed by atoms with Gasteiger partial charge in [-0.25, -0.2) is 4.98 Å². The second-order valence-electron chi connectivity index (χ2n) is 7.99. The highest BCUT2D eigenvalue weighted by Gasteiger charge is 2.52. The topological polar surface area (TPSA) is 152 Å². The first-order chi connectivity index (χ1) is 15.0. The molecule has 1 aromatic carbocycles. The van der Waals surface area contributed by atoms with Gasteiger partial charge in [-0.15, -0.1) is 0 Å². The van der Waals surface area contributed by atoms with Crippen LogP contribution in [0, 0.1) is 5.41 Å². The molecule has 31 heavy (non-hydrogen) atoms. The number of carbonyl (C=O) groups excluding carboxylic acids is 1. The second-order valence-corrected chi connectivity index (χ2v) is 7.99. The summed E-state index contributed by atoms with van der Waals surface area (Å²) in [6.07, 6.45) is 6.90. The minimum atomic E-state index is -1.02. The zero-order chi connectivity index (χ0) is 21.6. The lowest BCUT2D eigenvalue weighted by atomic mass is 9.63. The largest absolute Gasteiger partial charge is 0.481 e. The Balaban J connectivity index is 1.54. The van der Waals surface area contributed by atoms with Crippen LogP contribution in [0.3, 0.4) is 0 Å². The van der Waals surface area contributed by atoms with Gasteiger partial charge in [-0.2, -0.15) is 10.1 Å². The van der Waals surface area contributed by atoms with Crippen molar-refractivity contribution in [2.75, 3.05) is 5.32 Å². The predicted molar refractivity (Wildman–Crippen MR) is 114 cm³/mol. The summed E-state index contributed by atoms with van der Waals surface area (Å²) < 4.78 is 1.76. The normalized spacial score (nSPS) is 16.1. The van der Waals surface area contributed by atoms with Crippen molar-refractivity contribution in [3.8, 4) is 0 Å². The number of primary amides is 1. The number of nitrogens with zero attached hydrogens (tertiary/aromatic N) is 4. The summed E-state index contributed by atoms with van der Waals surface area (Å²) in [6, 6.07) is 6.92. The maximum absolute atomic E-state index is 12.1. The number of fused-ring (bicyclic) bond motifs is 2. The third kappa shape index (κ3) is 3.16. The van der Waals surface area contributed by atoms with Gasteiger partial charge in [0.1, 0.15) is 5.65 Å². The van der Waals surface area contributed by atoms with Crippen LogP contribution in [0.4, 0.5) is 11.6 Å². The molecule has 0 aliphatic heterocycles. The lowest BCUT2D eigenvalue weighted by Crippen LogP contribution is -2.46. The number of aromatic nitrogens is 5. The molecule has 0 saturated heterocycles. The van der Waals surface area contributed by atoms with E-state index in [0.29, 0.717) is 24.4 Å². The predicted octanol–water partition coefficient (Wildman–Crippen LogP) is 2.72. The molecule has 5 rings (SSSR count). The monoisotopic (exact) mass is 419 g/mol. The lowest BCUT2D eigenvalue weighted by Gasteiger charge is -2.44. The van der Waals surface area contributed by atoms with Gasteiger partial charge in [0.15, 0.2) is 0 Å². The molecule has 1 amide bonds. The van der Waals surface area contributed by atoms with E-state index in [1.807, 2.05) is 24.3 Å².